The van der Waals surface area contributed by atoms with Crippen LogP contribution in [0, 0.1) is 18.6 Å². The van der Waals surface area contributed by atoms with E-state index in [4.69, 9.17) is 0 Å². The van der Waals surface area contributed by atoms with E-state index in [0.717, 1.165) is 35.9 Å². The van der Waals surface area contributed by atoms with Gasteiger partial charge in [0.15, 0.2) is 0 Å². The number of nitrogens with zero attached hydrogens (tertiary/aromatic N) is 4. The Kier molecular flexibility index (Phi) is 4.59. The third kappa shape index (κ3) is 3.36. The first kappa shape index (κ1) is 19.4. The SMILES string of the molecule is Cc1nc(C2(C)CCCN(C(=O)c3cc(F)cc(F)c3)C2)nc2c1CC(=O)N2C. The first-order valence-electron chi connectivity index (χ1n) is 9.58. The Hall–Kier alpha value is -2.90. The van der Waals surface area contributed by atoms with Gasteiger partial charge in [0.2, 0.25) is 5.91 Å². The highest BCUT2D eigenvalue weighted by Gasteiger charge is 2.39. The quantitative estimate of drug-likeness (QED) is 0.778. The standard InChI is InChI=1S/C21H22F2N4O2/c1-12-16-10-17(28)26(3)18(16)25-20(24-12)21(2)5-4-6-27(11-21)19(29)13-7-14(22)9-15(23)8-13/h7-9H,4-6,10-11H2,1-3H3. The molecule has 0 radical (unpaired) electrons. The summed E-state index contributed by atoms with van der Waals surface area (Å²) in [5.74, 6) is -0.794. The van der Waals surface area contributed by atoms with Crippen LogP contribution >= 0.6 is 0 Å². The highest BCUT2D eigenvalue weighted by Crippen LogP contribution is 2.36. The second kappa shape index (κ2) is 6.86. The highest BCUT2D eigenvalue weighted by molar-refractivity contribution is 6.00. The van der Waals surface area contributed by atoms with E-state index in [1.165, 1.54) is 4.90 Å². The maximum Gasteiger partial charge on any atom is 0.254 e. The number of aryl methyl sites for hydroxylation is 1. The Bertz CT molecular complexity index is 1010. The molecule has 8 heteroatoms. The predicted molar refractivity (Wildman–Crippen MR) is 103 cm³/mol. The van der Waals surface area contributed by atoms with Crippen molar-refractivity contribution in [2.45, 2.75) is 38.5 Å². The molecule has 0 N–H and O–H groups in total. The van der Waals surface area contributed by atoms with E-state index in [9.17, 15) is 18.4 Å². The van der Waals surface area contributed by atoms with Crippen LogP contribution < -0.4 is 4.90 Å². The number of likely N-dealkylation sites (N-methyl/N-ethyl adjacent to an activating group) is 1. The van der Waals surface area contributed by atoms with E-state index < -0.39 is 23.0 Å². The van der Waals surface area contributed by atoms with Gasteiger partial charge in [0.25, 0.3) is 5.91 Å². The van der Waals surface area contributed by atoms with Crippen molar-refractivity contribution in [3.05, 3.63) is 52.5 Å². The van der Waals surface area contributed by atoms with Gasteiger partial charge >= 0.3 is 0 Å². The monoisotopic (exact) mass is 400 g/mol. The van der Waals surface area contributed by atoms with Gasteiger partial charge in [-0.05, 0) is 31.9 Å². The minimum absolute atomic E-state index is 0.0110. The number of carbonyl (C=O) groups is 2. The third-order valence-electron chi connectivity index (χ3n) is 5.84. The van der Waals surface area contributed by atoms with E-state index in [1.807, 2.05) is 13.8 Å². The fraction of sp³-hybridized carbons (Fsp3) is 0.429. The van der Waals surface area contributed by atoms with Gasteiger partial charge in [-0.15, -0.1) is 0 Å². The fourth-order valence-electron chi connectivity index (χ4n) is 4.18. The summed E-state index contributed by atoms with van der Waals surface area (Å²) in [5, 5.41) is 0. The maximum absolute atomic E-state index is 13.5. The van der Waals surface area contributed by atoms with Crippen molar-refractivity contribution in [3.63, 3.8) is 0 Å². The van der Waals surface area contributed by atoms with Crippen LogP contribution in [0.1, 0.15) is 47.2 Å². The number of hydrogen-bond donors (Lipinski definition) is 0. The third-order valence-corrected chi connectivity index (χ3v) is 5.84. The zero-order valence-electron chi connectivity index (χ0n) is 16.6. The molecule has 29 heavy (non-hydrogen) atoms. The number of piperidine rings is 1. The van der Waals surface area contributed by atoms with Crippen LogP contribution in [0.15, 0.2) is 18.2 Å². The molecule has 1 aromatic heterocycles. The summed E-state index contributed by atoms with van der Waals surface area (Å²) in [6.07, 6.45) is 1.78. The first-order chi connectivity index (χ1) is 13.7. The number of fused-ring (bicyclic) bond motifs is 1. The van der Waals surface area contributed by atoms with Crippen molar-refractivity contribution < 1.29 is 18.4 Å². The Morgan fingerprint density at radius 2 is 1.86 bits per heavy atom. The average Bonchev–Trinajstić information content (AvgIpc) is 2.95. The van der Waals surface area contributed by atoms with Crippen molar-refractivity contribution in [2.24, 2.45) is 0 Å². The van der Waals surface area contributed by atoms with Gasteiger partial charge in [-0.2, -0.15) is 0 Å². The van der Waals surface area contributed by atoms with Crippen LogP contribution in [0.2, 0.25) is 0 Å². The molecule has 2 aliphatic rings. The molecule has 0 aliphatic carbocycles. The van der Waals surface area contributed by atoms with E-state index in [2.05, 4.69) is 9.97 Å². The molecule has 1 saturated heterocycles. The number of carbonyl (C=O) groups excluding carboxylic acids is 2. The van der Waals surface area contributed by atoms with E-state index in [0.29, 0.717) is 37.6 Å². The van der Waals surface area contributed by atoms with Gasteiger partial charge < -0.3 is 4.90 Å². The molecule has 6 nitrogen and oxygen atoms in total. The molecule has 0 saturated carbocycles. The van der Waals surface area contributed by atoms with Crippen LogP contribution in [-0.2, 0) is 16.6 Å². The van der Waals surface area contributed by atoms with Crippen molar-refractivity contribution >= 4 is 17.6 Å². The molecular weight excluding hydrogens is 378 g/mol. The number of amides is 2. The summed E-state index contributed by atoms with van der Waals surface area (Å²) in [5.41, 5.74) is 1.07. The van der Waals surface area contributed by atoms with Gasteiger partial charge in [-0.1, -0.05) is 6.92 Å². The van der Waals surface area contributed by atoms with Gasteiger partial charge in [0, 0.05) is 48.4 Å². The second-order valence-electron chi connectivity index (χ2n) is 8.11. The van der Waals surface area contributed by atoms with E-state index in [1.54, 1.807) is 11.9 Å². The number of likely N-dealkylation sites (tertiary alicyclic amines) is 1. The van der Waals surface area contributed by atoms with E-state index in [-0.39, 0.29) is 11.5 Å². The predicted octanol–water partition coefficient (Wildman–Crippen LogP) is 2.78. The lowest BCUT2D eigenvalue weighted by Crippen LogP contribution is -2.48. The van der Waals surface area contributed by atoms with Crippen LogP contribution in [0.3, 0.4) is 0 Å². The highest BCUT2D eigenvalue weighted by atomic mass is 19.1. The molecule has 1 unspecified atom stereocenters. The van der Waals surface area contributed by atoms with E-state index >= 15 is 0 Å². The Morgan fingerprint density at radius 3 is 2.55 bits per heavy atom. The molecule has 1 aromatic carbocycles. The lowest BCUT2D eigenvalue weighted by molar-refractivity contribution is -0.117. The van der Waals surface area contributed by atoms with Gasteiger partial charge in [-0.25, -0.2) is 18.7 Å². The van der Waals surface area contributed by atoms with Gasteiger partial charge in [-0.3, -0.25) is 14.5 Å². The number of benzene rings is 1. The molecule has 4 rings (SSSR count). The second-order valence-corrected chi connectivity index (χ2v) is 8.11. The Morgan fingerprint density at radius 1 is 1.17 bits per heavy atom. The van der Waals surface area contributed by atoms with Gasteiger partial charge in [0.1, 0.15) is 23.3 Å². The van der Waals surface area contributed by atoms with Crippen LogP contribution in [0.5, 0.6) is 0 Å². The van der Waals surface area contributed by atoms with Crippen LogP contribution in [0.4, 0.5) is 14.6 Å². The molecule has 3 heterocycles. The smallest absolute Gasteiger partial charge is 0.254 e. The number of hydrogen-bond acceptors (Lipinski definition) is 4. The topological polar surface area (TPSA) is 66.4 Å². The van der Waals surface area contributed by atoms with Crippen molar-refractivity contribution in [2.75, 3.05) is 25.0 Å². The summed E-state index contributed by atoms with van der Waals surface area (Å²) in [4.78, 5) is 37.4. The minimum atomic E-state index is -0.779. The maximum atomic E-state index is 13.5. The van der Waals surface area contributed by atoms with Crippen LogP contribution in [-0.4, -0.2) is 46.8 Å². The summed E-state index contributed by atoms with van der Waals surface area (Å²) in [6, 6.07) is 2.85. The van der Waals surface area contributed by atoms with Crippen molar-refractivity contribution in [3.8, 4) is 0 Å². The normalized spacial score (nSPS) is 21.5. The molecule has 152 valence electrons. The fourth-order valence-corrected chi connectivity index (χ4v) is 4.18. The molecule has 2 aromatic rings. The summed E-state index contributed by atoms with van der Waals surface area (Å²) >= 11 is 0. The lowest BCUT2D eigenvalue weighted by atomic mass is 9.80. The lowest BCUT2D eigenvalue weighted by Gasteiger charge is -2.39. The molecule has 0 bridgehead atoms. The molecule has 1 fully saturated rings. The number of aromatic nitrogens is 2. The summed E-state index contributed by atoms with van der Waals surface area (Å²) < 4.78 is 27.1. The first-order valence-corrected chi connectivity index (χ1v) is 9.58. The summed E-state index contributed by atoms with van der Waals surface area (Å²) in [6.45, 7) is 4.67. The molecule has 0 spiro atoms. The summed E-state index contributed by atoms with van der Waals surface area (Å²) in [7, 11) is 1.70. The van der Waals surface area contributed by atoms with Crippen molar-refractivity contribution in [1.82, 2.24) is 14.9 Å². The molecule has 2 amide bonds. The zero-order chi connectivity index (χ0) is 20.9. The van der Waals surface area contributed by atoms with Crippen molar-refractivity contribution in [1.29, 1.82) is 0 Å². The Labute approximate surface area is 167 Å². The number of halogens is 2. The Balaban J connectivity index is 1.65. The van der Waals surface area contributed by atoms with Crippen LogP contribution in [0.25, 0.3) is 0 Å². The van der Waals surface area contributed by atoms with Gasteiger partial charge in [0.05, 0.1) is 6.42 Å². The minimum Gasteiger partial charge on any atom is -0.338 e. The zero-order valence-corrected chi connectivity index (χ0v) is 16.6. The number of rotatable bonds is 2. The molecular formula is C21H22F2N4O2. The molecule has 1 atom stereocenters. The molecule has 2 aliphatic heterocycles. The average molecular weight is 400 g/mol. The number of anilines is 1. The largest absolute Gasteiger partial charge is 0.338 e.